The number of aromatic nitrogens is 3. The van der Waals surface area contributed by atoms with Gasteiger partial charge in [0, 0.05) is 38.3 Å². The molecule has 0 aliphatic carbocycles. The quantitative estimate of drug-likeness (QED) is 0.241. The van der Waals surface area contributed by atoms with E-state index in [1.54, 1.807) is 13.2 Å². The van der Waals surface area contributed by atoms with E-state index in [9.17, 15) is 5.11 Å². The van der Waals surface area contributed by atoms with Crippen molar-refractivity contribution in [1.82, 2.24) is 25.4 Å². The molecule has 0 radical (unpaired) electrons. The highest BCUT2D eigenvalue weighted by Gasteiger charge is 2.21. The molecule has 1 aliphatic heterocycles. The molecule has 1 aliphatic rings. The minimum absolute atomic E-state index is 0. The molecule has 0 amide bonds. The van der Waals surface area contributed by atoms with Crippen molar-refractivity contribution in [2.45, 2.75) is 13.5 Å². The number of halogens is 1. The SMILES string of the molecule is CCNC(=NCc1nc(-c2ccc(OC)cc2)n[nH]1)N1CCN(c2ccccc2O)CC1.I. The summed E-state index contributed by atoms with van der Waals surface area (Å²) in [5, 5.41) is 20.8. The summed E-state index contributed by atoms with van der Waals surface area (Å²) in [5.74, 6) is 3.32. The predicted octanol–water partition coefficient (Wildman–Crippen LogP) is 3.09. The number of benzene rings is 2. The van der Waals surface area contributed by atoms with Crippen molar-refractivity contribution in [2.75, 3.05) is 44.7 Å². The fraction of sp³-hybridized carbons (Fsp3) is 0.348. The molecule has 0 atom stereocenters. The number of piperazine rings is 1. The van der Waals surface area contributed by atoms with E-state index < -0.39 is 0 Å². The molecule has 2 aromatic carbocycles. The molecule has 33 heavy (non-hydrogen) atoms. The van der Waals surface area contributed by atoms with Crippen LogP contribution in [0.2, 0.25) is 0 Å². The van der Waals surface area contributed by atoms with Crippen LogP contribution < -0.4 is 15.0 Å². The van der Waals surface area contributed by atoms with E-state index in [2.05, 4.69) is 37.2 Å². The van der Waals surface area contributed by atoms with Crippen LogP contribution in [0.25, 0.3) is 11.4 Å². The average Bonchev–Trinajstić information content (AvgIpc) is 3.31. The van der Waals surface area contributed by atoms with E-state index in [1.165, 1.54) is 0 Å². The van der Waals surface area contributed by atoms with Crippen molar-refractivity contribution in [3.05, 3.63) is 54.4 Å². The fourth-order valence-corrected chi connectivity index (χ4v) is 3.70. The molecule has 10 heteroatoms. The van der Waals surface area contributed by atoms with Gasteiger partial charge in [0.2, 0.25) is 0 Å². The Labute approximate surface area is 210 Å². The number of hydrogen-bond donors (Lipinski definition) is 3. The first-order valence-corrected chi connectivity index (χ1v) is 10.8. The van der Waals surface area contributed by atoms with E-state index >= 15 is 0 Å². The Kier molecular flexibility index (Phi) is 8.75. The van der Waals surface area contributed by atoms with Gasteiger partial charge in [0.25, 0.3) is 0 Å². The number of rotatable bonds is 6. The Balaban J connectivity index is 0.00000306. The van der Waals surface area contributed by atoms with Crippen LogP contribution >= 0.6 is 24.0 Å². The first-order chi connectivity index (χ1) is 15.7. The number of aliphatic imine (C=N–C) groups is 1. The third-order valence-electron chi connectivity index (χ3n) is 5.40. The molecule has 176 valence electrons. The van der Waals surface area contributed by atoms with Crippen LogP contribution in [0.5, 0.6) is 11.5 Å². The highest BCUT2D eigenvalue weighted by Crippen LogP contribution is 2.27. The molecule has 2 heterocycles. The van der Waals surface area contributed by atoms with Crippen LogP contribution in [0, 0.1) is 0 Å². The summed E-state index contributed by atoms with van der Waals surface area (Å²) < 4.78 is 5.20. The summed E-state index contributed by atoms with van der Waals surface area (Å²) >= 11 is 0. The van der Waals surface area contributed by atoms with E-state index in [4.69, 9.17) is 9.73 Å². The number of guanidine groups is 1. The summed E-state index contributed by atoms with van der Waals surface area (Å²) in [6.45, 7) is 6.50. The number of nitrogens with zero attached hydrogens (tertiary/aromatic N) is 5. The fourth-order valence-electron chi connectivity index (χ4n) is 3.70. The van der Waals surface area contributed by atoms with Crippen molar-refractivity contribution in [2.24, 2.45) is 4.99 Å². The summed E-state index contributed by atoms with van der Waals surface area (Å²) in [5.41, 5.74) is 1.80. The molecular weight excluding hydrogens is 533 g/mol. The maximum Gasteiger partial charge on any atom is 0.194 e. The number of aromatic hydroxyl groups is 1. The van der Waals surface area contributed by atoms with Crippen LogP contribution in [0.3, 0.4) is 0 Å². The monoisotopic (exact) mass is 563 g/mol. The number of aromatic amines is 1. The van der Waals surface area contributed by atoms with Crippen molar-refractivity contribution in [3.8, 4) is 22.9 Å². The van der Waals surface area contributed by atoms with E-state index in [1.807, 2.05) is 42.5 Å². The number of phenolic OH excluding ortho intramolecular Hbond substituents is 1. The number of methoxy groups -OCH3 is 1. The van der Waals surface area contributed by atoms with Crippen molar-refractivity contribution >= 4 is 35.6 Å². The third kappa shape index (κ3) is 6.06. The van der Waals surface area contributed by atoms with E-state index in [0.29, 0.717) is 23.9 Å². The van der Waals surface area contributed by atoms with Crippen LogP contribution in [0.1, 0.15) is 12.7 Å². The highest BCUT2D eigenvalue weighted by atomic mass is 127. The van der Waals surface area contributed by atoms with Crippen LogP contribution in [-0.4, -0.2) is 71.0 Å². The Morgan fingerprint density at radius 2 is 1.85 bits per heavy atom. The molecule has 0 unspecified atom stereocenters. The van der Waals surface area contributed by atoms with Gasteiger partial charge in [-0.3, -0.25) is 5.10 Å². The molecule has 1 fully saturated rings. The second kappa shape index (κ2) is 11.7. The smallest absolute Gasteiger partial charge is 0.194 e. The zero-order valence-corrected chi connectivity index (χ0v) is 21.2. The lowest BCUT2D eigenvalue weighted by Crippen LogP contribution is -2.52. The van der Waals surface area contributed by atoms with Gasteiger partial charge in [-0.15, -0.1) is 24.0 Å². The maximum atomic E-state index is 10.1. The van der Waals surface area contributed by atoms with Crippen LogP contribution in [-0.2, 0) is 6.54 Å². The van der Waals surface area contributed by atoms with E-state index in [-0.39, 0.29) is 24.0 Å². The van der Waals surface area contributed by atoms with Gasteiger partial charge < -0.3 is 25.0 Å². The number of phenols is 1. The van der Waals surface area contributed by atoms with Gasteiger partial charge in [-0.05, 0) is 43.3 Å². The lowest BCUT2D eigenvalue weighted by molar-refractivity contribution is 0.369. The number of para-hydroxylation sites is 2. The standard InChI is InChI=1S/C23H29N7O2.HI/c1-3-24-23(30-14-12-29(13-15-30)19-6-4-5-7-20(19)31)25-16-21-26-22(28-27-21)17-8-10-18(32-2)11-9-17;/h4-11,31H,3,12-16H2,1-2H3,(H,24,25)(H,26,27,28);1H. The van der Waals surface area contributed by atoms with Gasteiger partial charge in [-0.1, -0.05) is 12.1 Å². The van der Waals surface area contributed by atoms with Gasteiger partial charge in [-0.25, -0.2) is 9.98 Å². The summed E-state index contributed by atoms with van der Waals surface area (Å²) in [4.78, 5) is 13.8. The molecule has 1 aromatic heterocycles. The second-order valence-electron chi connectivity index (χ2n) is 7.47. The van der Waals surface area contributed by atoms with Crippen LogP contribution in [0.4, 0.5) is 5.69 Å². The minimum atomic E-state index is 0. The molecule has 1 saturated heterocycles. The lowest BCUT2D eigenvalue weighted by Gasteiger charge is -2.37. The Bertz CT molecular complexity index is 1050. The first kappa shape index (κ1) is 24.6. The lowest BCUT2D eigenvalue weighted by atomic mass is 10.2. The van der Waals surface area contributed by atoms with Gasteiger partial charge in [0.15, 0.2) is 11.8 Å². The molecule has 0 bridgehead atoms. The number of nitrogens with one attached hydrogen (secondary N) is 2. The number of hydrogen-bond acceptors (Lipinski definition) is 6. The molecule has 0 saturated carbocycles. The zero-order valence-electron chi connectivity index (χ0n) is 18.9. The summed E-state index contributed by atoms with van der Waals surface area (Å²) in [6, 6.07) is 15.1. The molecule has 9 nitrogen and oxygen atoms in total. The Morgan fingerprint density at radius 1 is 1.12 bits per heavy atom. The molecule has 3 aromatic rings. The highest BCUT2D eigenvalue weighted by molar-refractivity contribution is 14.0. The number of ether oxygens (including phenoxy) is 1. The Hall–Kier alpha value is -3.02. The second-order valence-corrected chi connectivity index (χ2v) is 7.47. The zero-order chi connectivity index (χ0) is 22.3. The minimum Gasteiger partial charge on any atom is -0.506 e. The Morgan fingerprint density at radius 3 is 2.52 bits per heavy atom. The van der Waals surface area contributed by atoms with Crippen LogP contribution in [0.15, 0.2) is 53.5 Å². The number of anilines is 1. The van der Waals surface area contributed by atoms with Gasteiger partial charge in [-0.2, -0.15) is 5.10 Å². The van der Waals surface area contributed by atoms with E-state index in [0.717, 1.165) is 55.7 Å². The van der Waals surface area contributed by atoms with Crippen molar-refractivity contribution in [3.63, 3.8) is 0 Å². The summed E-state index contributed by atoms with van der Waals surface area (Å²) in [6.07, 6.45) is 0. The average molecular weight is 563 g/mol. The van der Waals surface area contributed by atoms with Gasteiger partial charge in [0.05, 0.1) is 12.8 Å². The normalized spacial score (nSPS) is 14.1. The van der Waals surface area contributed by atoms with Crippen molar-refractivity contribution < 1.29 is 9.84 Å². The molecule has 3 N–H and O–H groups in total. The topological polar surface area (TPSA) is 102 Å². The largest absolute Gasteiger partial charge is 0.506 e. The van der Waals surface area contributed by atoms with Gasteiger partial charge >= 0.3 is 0 Å². The first-order valence-electron chi connectivity index (χ1n) is 10.8. The molecule has 0 spiro atoms. The van der Waals surface area contributed by atoms with Crippen molar-refractivity contribution in [1.29, 1.82) is 0 Å². The third-order valence-corrected chi connectivity index (χ3v) is 5.40. The summed E-state index contributed by atoms with van der Waals surface area (Å²) in [7, 11) is 1.64. The molecular formula is C23H30IN7O2. The van der Waals surface area contributed by atoms with Gasteiger partial charge in [0.1, 0.15) is 23.9 Å². The molecule has 4 rings (SSSR count). The predicted molar refractivity (Wildman–Crippen MR) is 140 cm³/mol. The number of H-pyrrole nitrogens is 1. The maximum absolute atomic E-state index is 10.1.